The van der Waals surface area contributed by atoms with Crippen molar-refractivity contribution in [1.82, 2.24) is 9.97 Å². The molecular weight excluding hydrogens is 331 g/mol. The molecule has 1 aromatic heterocycles. The van der Waals surface area contributed by atoms with Crippen LogP contribution in [-0.2, 0) is 0 Å². The number of rotatable bonds is 6. The van der Waals surface area contributed by atoms with Crippen LogP contribution in [0.2, 0.25) is 5.02 Å². The van der Waals surface area contributed by atoms with Gasteiger partial charge in [0.15, 0.2) is 0 Å². The first-order valence-electron chi connectivity index (χ1n) is 7.74. The Hall–Kier alpha value is -2.21. The molecule has 24 heavy (non-hydrogen) atoms. The molecule has 0 bridgehead atoms. The van der Waals surface area contributed by atoms with Gasteiger partial charge in [0, 0.05) is 25.3 Å². The molecule has 0 unspecified atom stereocenters. The highest BCUT2D eigenvalue weighted by molar-refractivity contribution is 6.31. The summed E-state index contributed by atoms with van der Waals surface area (Å²) in [5, 5.41) is 2.61. The minimum Gasteiger partial charge on any atom is -0.360 e. The van der Waals surface area contributed by atoms with Gasteiger partial charge in [-0.3, -0.25) is 4.79 Å². The lowest BCUT2D eigenvalue weighted by molar-refractivity contribution is 0.102. The number of amides is 1. The van der Waals surface area contributed by atoms with Crippen molar-refractivity contribution in [1.29, 1.82) is 0 Å². The number of carbonyl (C=O) groups excluding carboxylic acids is 1. The second kappa shape index (κ2) is 8.06. The number of nitrogens with one attached hydrogen (secondary N) is 1. The van der Waals surface area contributed by atoms with Gasteiger partial charge in [-0.25, -0.2) is 14.4 Å². The number of carbonyl (C=O) groups is 1. The average Bonchev–Trinajstić information content (AvgIpc) is 2.55. The second-order valence-electron chi connectivity index (χ2n) is 5.52. The largest absolute Gasteiger partial charge is 0.360 e. The van der Waals surface area contributed by atoms with E-state index in [-0.39, 0.29) is 10.7 Å². The van der Waals surface area contributed by atoms with Crippen molar-refractivity contribution in [3.8, 4) is 0 Å². The predicted molar refractivity (Wildman–Crippen MR) is 94.3 cm³/mol. The minimum atomic E-state index is -0.535. The third-order valence-corrected chi connectivity index (χ3v) is 3.76. The van der Waals surface area contributed by atoms with Gasteiger partial charge in [0.25, 0.3) is 5.91 Å². The van der Waals surface area contributed by atoms with Crippen molar-refractivity contribution < 1.29 is 9.18 Å². The average molecular weight is 351 g/mol. The van der Waals surface area contributed by atoms with Crippen LogP contribution in [0.4, 0.5) is 15.9 Å². The molecule has 128 valence electrons. The smallest absolute Gasteiger partial charge is 0.274 e. The van der Waals surface area contributed by atoms with Crippen LogP contribution in [0.1, 0.15) is 36.1 Å². The maximum absolute atomic E-state index is 13.2. The molecule has 0 atom stereocenters. The predicted octanol–water partition coefficient (Wildman–Crippen LogP) is 4.07. The number of unbranched alkanes of at least 4 members (excludes halogenated alkanes) is 1. The Bertz CT molecular complexity index is 739. The van der Waals surface area contributed by atoms with Gasteiger partial charge in [-0.2, -0.15) is 0 Å². The number of benzene rings is 1. The van der Waals surface area contributed by atoms with E-state index in [1.54, 1.807) is 13.0 Å². The lowest BCUT2D eigenvalue weighted by Gasteiger charge is -2.18. The summed E-state index contributed by atoms with van der Waals surface area (Å²) in [6.07, 6.45) is 2.11. The standard InChI is InChI=1S/C17H20ClFN4O/c1-4-5-8-23(3)16-10-15(20-11(2)21-16)17(24)22-12-6-7-14(19)13(18)9-12/h6-7,9-10H,4-5,8H2,1-3H3,(H,22,24). The van der Waals surface area contributed by atoms with Gasteiger partial charge in [0.05, 0.1) is 5.02 Å². The molecule has 0 spiro atoms. The molecule has 0 fully saturated rings. The van der Waals surface area contributed by atoms with E-state index < -0.39 is 11.7 Å². The van der Waals surface area contributed by atoms with Crippen LogP contribution >= 0.6 is 11.6 Å². The highest BCUT2D eigenvalue weighted by Gasteiger charge is 2.13. The first-order valence-corrected chi connectivity index (χ1v) is 8.11. The fraction of sp³-hybridized carbons (Fsp3) is 0.353. The van der Waals surface area contributed by atoms with Crippen molar-refractivity contribution in [2.75, 3.05) is 23.8 Å². The third-order valence-electron chi connectivity index (χ3n) is 3.47. The fourth-order valence-electron chi connectivity index (χ4n) is 2.14. The SMILES string of the molecule is CCCCN(C)c1cc(C(=O)Nc2ccc(F)c(Cl)c2)nc(C)n1. The zero-order valence-corrected chi connectivity index (χ0v) is 14.7. The zero-order valence-electron chi connectivity index (χ0n) is 13.9. The molecule has 7 heteroatoms. The molecule has 1 aromatic carbocycles. The van der Waals surface area contributed by atoms with Gasteiger partial charge in [0.2, 0.25) is 0 Å². The summed E-state index contributed by atoms with van der Waals surface area (Å²) in [6, 6.07) is 5.65. The zero-order chi connectivity index (χ0) is 17.7. The number of aryl methyl sites for hydroxylation is 1. The highest BCUT2D eigenvalue weighted by atomic mass is 35.5. The molecule has 2 rings (SSSR count). The second-order valence-corrected chi connectivity index (χ2v) is 5.92. The molecule has 0 saturated heterocycles. The Morgan fingerprint density at radius 2 is 2.08 bits per heavy atom. The van der Waals surface area contributed by atoms with E-state index in [2.05, 4.69) is 22.2 Å². The summed E-state index contributed by atoms with van der Waals surface area (Å²) in [5.74, 6) is 0.275. The van der Waals surface area contributed by atoms with Gasteiger partial charge in [-0.1, -0.05) is 24.9 Å². The van der Waals surface area contributed by atoms with Gasteiger partial charge in [0.1, 0.15) is 23.2 Å². The Balaban J connectivity index is 2.19. The summed E-state index contributed by atoms with van der Waals surface area (Å²) in [7, 11) is 1.93. The van der Waals surface area contributed by atoms with Crippen LogP contribution in [0.15, 0.2) is 24.3 Å². The number of aromatic nitrogens is 2. The lowest BCUT2D eigenvalue weighted by atomic mass is 10.2. The number of anilines is 2. The number of hydrogen-bond donors (Lipinski definition) is 1. The maximum Gasteiger partial charge on any atom is 0.274 e. The van der Waals surface area contributed by atoms with E-state index >= 15 is 0 Å². The van der Waals surface area contributed by atoms with E-state index in [0.717, 1.165) is 19.4 Å². The van der Waals surface area contributed by atoms with Crippen LogP contribution in [0.5, 0.6) is 0 Å². The van der Waals surface area contributed by atoms with Crippen LogP contribution in [0, 0.1) is 12.7 Å². The topological polar surface area (TPSA) is 58.1 Å². The molecule has 0 aliphatic heterocycles. The lowest BCUT2D eigenvalue weighted by Crippen LogP contribution is -2.22. The molecule has 0 aliphatic rings. The maximum atomic E-state index is 13.2. The van der Waals surface area contributed by atoms with E-state index in [9.17, 15) is 9.18 Å². The van der Waals surface area contributed by atoms with Crippen molar-refractivity contribution in [3.05, 3.63) is 46.6 Å². The van der Waals surface area contributed by atoms with E-state index in [4.69, 9.17) is 11.6 Å². The van der Waals surface area contributed by atoms with E-state index in [0.29, 0.717) is 17.3 Å². The number of hydrogen-bond acceptors (Lipinski definition) is 4. The van der Waals surface area contributed by atoms with E-state index in [1.807, 2.05) is 11.9 Å². The molecule has 1 N–H and O–H groups in total. The molecule has 0 radical (unpaired) electrons. The van der Waals surface area contributed by atoms with Crippen molar-refractivity contribution in [3.63, 3.8) is 0 Å². The Labute approximate surface area is 145 Å². The first kappa shape index (κ1) is 18.1. The van der Waals surface area contributed by atoms with Crippen LogP contribution in [-0.4, -0.2) is 29.5 Å². The minimum absolute atomic E-state index is 0.0494. The highest BCUT2D eigenvalue weighted by Crippen LogP contribution is 2.20. The summed E-state index contributed by atoms with van der Waals surface area (Å²) in [5.41, 5.74) is 0.657. The van der Waals surface area contributed by atoms with Gasteiger partial charge in [-0.05, 0) is 31.5 Å². The fourth-order valence-corrected chi connectivity index (χ4v) is 2.32. The van der Waals surface area contributed by atoms with Crippen molar-refractivity contribution in [2.24, 2.45) is 0 Å². The summed E-state index contributed by atoms with van der Waals surface area (Å²) in [4.78, 5) is 22.9. The van der Waals surface area contributed by atoms with Crippen LogP contribution in [0.25, 0.3) is 0 Å². The monoisotopic (exact) mass is 350 g/mol. The van der Waals surface area contributed by atoms with Crippen LogP contribution < -0.4 is 10.2 Å². The Kier molecular flexibility index (Phi) is 6.09. The molecular formula is C17H20ClFN4O. The molecule has 5 nitrogen and oxygen atoms in total. The Morgan fingerprint density at radius 1 is 1.33 bits per heavy atom. The number of nitrogens with zero attached hydrogens (tertiary/aromatic N) is 3. The summed E-state index contributed by atoms with van der Waals surface area (Å²) < 4.78 is 13.2. The molecule has 2 aromatic rings. The molecule has 1 amide bonds. The van der Waals surface area contributed by atoms with Gasteiger partial charge in [-0.15, -0.1) is 0 Å². The van der Waals surface area contributed by atoms with Crippen molar-refractivity contribution in [2.45, 2.75) is 26.7 Å². The molecule has 0 saturated carbocycles. The Morgan fingerprint density at radius 3 is 2.75 bits per heavy atom. The van der Waals surface area contributed by atoms with E-state index in [1.165, 1.54) is 18.2 Å². The quantitative estimate of drug-likeness (QED) is 0.853. The summed E-state index contributed by atoms with van der Waals surface area (Å²) in [6.45, 7) is 4.70. The van der Waals surface area contributed by atoms with Crippen LogP contribution in [0.3, 0.4) is 0 Å². The third kappa shape index (κ3) is 4.64. The normalized spacial score (nSPS) is 10.5. The van der Waals surface area contributed by atoms with Gasteiger partial charge < -0.3 is 10.2 Å². The van der Waals surface area contributed by atoms with Crippen molar-refractivity contribution >= 4 is 29.0 Å². The first-order chi connectivity index (χ1) is 11.4. The molecule has 0 aliphatic carbocycles. The van der Waals surface area contributed by atoms with Gasteiger partial charge >= 0.3 is 0 Å². The number of halogens is 2. The molecule has 1 heterocycles. The summed E-state index contributed by atoms with van der Waals surface area (Å²) >= 11 is 5.73.